The number of aryl methyl sites for hydroxylation is 1. The molecule has 0 heterocycles. The fourth-order valence-corrected chi connectivity index (χ4v) is 3.38. The van der Waals surface area contributed by atoms with Gasteiger partial charge in [-0.1, -0.05) is 6.07 Å². The van der Waals surface area contributed by atoms with Crippen molar-refractivity contribution in [3.63, 3.8) is 0 Å². The number of carbonyl (C=O) groups is 2. The highest BCUT2D eigenvalue weighted by Crippen LogP contribution is 2.22. The summed E-state index contributed by atoms with van der Waals surface area (Å²) in [5.74, 6) is -0.948. The normalized spacial score (nSPS) is 12.0. The lowest BCUT2D eigenvalue weighted by molar-refractivity contribution is -0.149. The molecular formula is C19H21NO7S. The first-order chi connectivity index (χ1) is 13.2. The molecule has 0 unspecified atom stereocenters. The predicted molar refractivity (Wildman–Crippen MR) is 102 cm³/mol. The summed E-state index contributed by atoms with van der Waals surface area (Å²) in [6.45, 7) is 3.00. The van der Waals surface area contributed by atoms with Crippen LogP contribution in [0.3, 0.4) is 0 Å². The van der Waals surface area contributed by atoms with E-state index in [-0.39, 0.29) is 10.5 Å². The summed E-state index contributed by atoms with van der Waals surface area (Å²) in [7, 11) is -1.26. The second kappa shape index (κ2) is 8.75. The Morgan fingerprint density at radius 1 is 1.04 bits per heavy atom. The van der Waals surface area contributed by atoms with E-state index >= 15 is 0 Å². The maximum absolute atomic E-state index is 12.7. The van der Waals surface area contributed by atoms with Crippen LogP contribution in [-0.4, -0.2) is 40.7 Å². The third kappa shape index (κ3) is 5.01. The van der Waals surface area contributed by atoms with Gasteiger partial charge >= 0.3 is 11.9 Å². The van der Waals surface area contributed by atoms with Crippen molar-refractivity contribution in [1.29, 1.82) is 0 Å². The summed E-state index contributed by atoms with van der Waals surface area (Å²) in [4.78, 5) is 23.7. The largest absolute Gasteiger partial charge is 0.497 e. The Kier molecular flexibility index (Phi) is 6.63. The van der Waals surface area contributed by atoms with Gasteiger partial charge in [0.05, 0.1) is 24.7 Å². The summed E-state index contributed by atoms with van der Waals surface area (Å²) in [5.41, 5.74) is 0.878. The molecule has 2 aromatic carbocycles. The summed E-state index contributed by atoms with van der Waals surface area (Å²) in [6.07, 6.45) is -1.12. The number of methoxy groups -OCH3 is 2. The molecule has 0 saturated heterocycles. The Morgan fingerprint density at radius 2 is 1.68 bits per heavy atom. The van der Waals surface area contributed by atoms with E-state index in [1.54, 1.807) is 31.2 Å². The van der Waals surface area contributed by atoms with E-state index in [0.29, 0.717) is 17.0 Å². The number of hydrogen-bond acceptors (Lipinski definition) is 7. The Bertz CT molecular complexity index is 968. The van der Waals surface area contributed by atoms with Crippen LogP contribution in [0.15, 0.2) is 47.4 Å². The molecule has 0 aliphatic rings. The van der Waals surface area contributed by atoms with Crippen molar-refractivity contribution in [3.8, 4) is 5.75 Å². The van der Waals surface area contributed by atoms with Crippen LogP contribution < -0.4 is 9.46 Å². The van der Waals surface area contributed by atoms with Crippen LogP contribution in [0.1, 0.15) is 22.8 Å². The van der Waals surface area contributed by atoms with Crippen molar-refractivity contribution < 1.29 is 32.2 Å². The zero-order chi connectivity index (χ0) is 20.9. The molecule has 1 atom stereocenters. The van der Waals surface area contributed by atoms with Gasteiger partial charge in [-0.15, -0.1) is 0 Å². The number of ether oxygens (including phenoxy) is 3. The fraction of sp³-hybridized carbons (Fsp3) is 0.263. The van der Waals surface area contributed by atoms with Crippen molar-refractivity contribution in [2.45, 2.75) is 24.8 Å². The van der Waals surface area contributed by atoms with Gasteiger partial charge in [0.1, 0.15) is 5.75 Å². The Labute approximate surface area is 163 Å². The van der Waals surface area contributed by atoms with Crippen LogP contribution >= 0.6 is 0 Å². The highest BCUT2D eigenvalue weighted by molar-refractivity contribution is 7.92. The number of esters is 2. The van der Waals surface area contributed by atoms with Gasteiger partial charge < -0.3 is 14.2 Å². The first-order valence-corrected chi connectivity index (χ1v) is 9.72. The molecule has 8 nitrogen and oxygen atoms in total. The molecule has 0 spiro atoms. The van der Waals surface area contributed by atoms with Crippen LogP contribution in [0.4, 0.5) is 5.69 Å². The van der Waals surface area contributed by atoms with Crippen LogP contribution in [0.5, 0.6) is 5.75 Å². The summed E-state index contributed by atoms with van der Waals surface area (Å²) < 4.78 is 42.3. The van der Waals surface area contributed by atoms with Gasteiger partial charge in [-0.3, -0.25) is 4.72 Å². The minimum absolute atomic E-state index is 0.0355. The smallest absolute Gasteiger partial charge is 0.346 e. The van der Waals surface area contributed by atoms with Crippen molar-refractivity contribution in [3.05, 3.63) is 53.6 Å². The highest BCUT2D eigenvalue weighted by Gasteiger charge is 2.23. The quantitative estimate of drug-likeness (QED) is 0.703. The fourth-order valence-electron chi connectivity index (χ4n) is 2.30. The molecule has 0 aliphatic heterocycles. The van der Waals surface area contributed by atoms with Crippen LogP contribution in [-0.2, 0) is 24.3 Å². The molecule has 0 amide bonds. The molecule has 0 saturated carbocycles. The first-order valence-electron chi connectivity index (χ1n) is 8.24. The maximum Gasteiger partial charge on any atom is 0.346 e. The van der Waals surface area contributed by atoms with E-state index in [1.807, 2.05) is 0 Å². The summed E-state index contributed by atoms with van der Waals surface area (Å²) in [6, 6.07) is 10.4. The van der Waals surface area contributed by atoms with Gasteiger partial charge in [0.15, 0.2) is 6.10 Å². The Hall–Kier alpha value is -3.07. The Morgan fingerprint density at radius 3 is 2.25 bits per heavy atom. The zero-order valence-corrected chi connectivity index (χ0v) is 16.7. The molecule has 150 valence electrons. The summed E-state index contributed by atoms with van der Waals surface area (Å²) in [5, 5.41) is 0. The van der Waals surface area contributed by atoms with Gasteiger partial charge in [-0.2, -0.15) is 0 Å². The third-order valence-electron chi connectivity index (χ3n) is 3.90. The predicted octanol–water partition coefficient (Wildman–Crippen LogP) is 2.52. The molecule has 0 aromatic heterocycles. The monoisotopic (exact) mass is 407 g/mol. The van der Waals surface area contributed by atoms with E-state index in [1.165, 1.54) is 39.3 Å². The molecule has 0 fully saturated rings. The molecule has 2 aromatic rings. The molecule has 9 heteroatoms. The van der Waals surface area contributed by atoms with Crippen molar-refractivity contribution in [2.75, 3.05) is 18.9 Å². The molecule has 2 rings (SSSR count). The number of hydrogen-bond donors (Lipinski definition) is 1. The van der Waals surface area contributed by atoms with E-state index in [4.69, 9.17) is 9.47 Å². The van der Waals surface area contributed by atoms with E-state index < -0.39 is 28.1 Å². The first kappa shape index (κ1) is 21.2. The van der Waals surface area contributed by atoms with E-state index in [9.17, 15) is 18.0 Å². The minimum Gasteiger partial charge on any atom is -0.497 e. The highest BCUT2D eigenvalue weighted by atomic mass is 32.2. The molecule has 1 N–H and O–H groups in total. The van der Waals surface area contributed by atoms with Crippen LogP contribution in [0.25, 0.3) is 0 Å². The lowest BCUT2D eigenvalue weighted by Gasteiger charge is -2.14. The number of benzene rings is 2. The van der Waals surface area contributed by atoms with Gasteiger partial charge in [0.25, 0.3) is 10.0 Å². The van der Waals surface area contributed by atoms with E-state index in [0.717, 1.165) is 0 Å². The van der Waals surface area contributed by atoms with Gasteiger partial charge in [-0.05, 0) is 55.8 Å². The minimum atomic E-state index is -3.95. The SMILES string of the molecule is COC(=O)[C@@H](C)OC(=O)c1cc(S(=O)(=O)Nc2ccc(OC)cc2)ccc1C. The topological polar surface area (TPSA) is 108 Å². The average Bonchev–Trinajstić information content (AvgIpc) is 2.67. The number of carbonyl (C=O) groups excluding carboxylic acids is 2. The third-order valence-corrected chi connectivity index (χ3v) is 5.28. The number of sulfonamides is 1. The van der Waals surface area contributed by atoms with Crippen molar-refractivity contribution >= 4 is 27.6 Å². The molecule has 0 radical (unpaired) electrons. The Balaban J connectivity index is 2.27. The average molecular weight is 407 g/mol. The second-order valence-electron chi connectivity index (χ2n) is 5.88. The molecule has 28 heavy (non-hydrogen) atoms. The standard InChI is InChI=1S/C19H21NO7S/c1-12-5-10-16(11-17(12)19(22)27-13(2)18(21)26-4)28(23,24)20-14-6-8-15(25-3)9-7-14/h5-11,13,20H,1-4H3/t13-/m1/s1. The van der Waals surface area contributed by atoms with Gasteiger partial charge in [0.2, 0.25) is 0 Å². The van der Waals surface area contributed by atoms with Crippen molar-refractivity contribution in [2.24, 2.45) is 0 Å². The number of rotatable bonds is 7. The lowest BCUT2D eigenvalue weighted by Crippen LogP contribution is -2.25. The van der Waals surface area contributed by atoms with Gasteiger partial charge in [0, 0.05) is 5.69 Å². The maximum atomic E-state index is 12.7. The van der Waals surface area contributed by atoms with Gasteiger partial charge in [-0.25, -0.2) is 18.0 Å². The summed E-state index contributed by atoms with van der Waals surface area (Å²) >= 11 is 0. The van der Waals surface area contributed by atoms with Crippen molar-refractivity contribution in [1.82, 2.24) is 0 Å². The lowest BCUT2D eigenvalue weighted by atomic mass is 10.1. The van der Waals surface area contributed by atoms with Crippen LogP contribution in [0, 0.1) is 6.92 Å². The number of nitrogens with one attached hydrogen (secondary N) is 1. The zero-order valence-electron chi connectivity index (χ0n) is 15.9. The van der Waals surface area contributed by atoms with Crippen LogP contribution in [0.2, 0.25) is 0 Å². The molecular weight excluding hydrogens is 386 g/mol. The van der Waals surface area contributed by atoms with E-state index in [2.05, 4.69) is 9.46 Å². The second-order valence-corrected chi connectivity index (χ2v) is 7.56. The molecule has 0 bridgehead atoms. The molecule has 0 aliphatic carbocycles. The number of anilines is 1.